The van der Waals surface area contributed by atoms with Gasteiger partial charge < -0.3 is 20.1 Å². The minimum absolute atomic E-state index is 0.00910. The molecule has 1 fully saturated rings. The second kappa shape index (κ2) is 8.66. The molecule has 1 atom stereocenters. The molecule has 0 bridgehead atoms. The Bertz CT molecular complexity index is 803. The van der Waals surface area contributed by atoms with Crippen molar-refractivity contribution >= 4 is 17.5 Å². The van der Waals surface area contributed by atoms with Crippen molar-refractivity contribution in [1.29, 1.82) is 0 Å². The molecule has 0 saturated carbocycles. The zero-order chi connectivity index (χ0) is 19.2. The first-order chi connectivity index (χ1) is 13.1. The summed E-state index contributed by atoms with van der Waals surface area (Å²) in [5.74, 6) is 0.275. The number of carbonyl (C=O) groups is 2. The molecule has 144 valence electrons. The van der Waals surface area contributed by atoms with Gasteiger partial charge in [-0.05, 0) is 31.4 Å². The van der Waals surface area contributed by atoms with Gasteiger partial charge in [0.05, 0.1) is 0 Å². The molecule has 2 aromatic heterocycles. The number of amides is 2. The third-order valence-corrected chi connectivity index (χ3v) is 4.86. The first kappa shape index (κ1) is 18.9. The van der Waals surface area contributed by atoms with Gasteiger partial charge in [0.15, 0.2) is 5.82 Å². The molecule has 0 aromatic carbocycles. The lowest BCUT2D eigenvalue weighted by atomic mass is 9.93. The molecule has 1 aliphatic rings. The van der Waals surface area contributed by atoms with Gasteiger partial charge in [0.25, 0.3) is 0 Å². The number of carbonyl (C=O) groups excluding carboxylic acids is 2. The number of likely N-dealkylation sites (tertiary alicyclic amines) is 1. The quantitative estimate of drug-likeness (QED) is 0.598. The molecule has 2 aromatic rings. The lowest BCUT2D eigenvalue weighted by Crippen LogP contribution is -2.48. The zero-order valence-corrected chi connectivity index (χ0v) is 15.8. The van der Waals surface area contributed by atoms with Crippen molar-refractivity contribution in [2.24, 2.45) is 13.0 Å². The Labute approximate surface area is 159 Å². The molecule has 8 heteroatoms. The number of urea groups is 1. The number of nitrogens with zero attached hydrogens (tertiary/aromatic N) is 4. The van der Waals surface area contributed by atoms with Gasteiger partial charge in [0, 0.05) is 69.6 Å². The van der Waals surface area contributed by atoms with Crippen molar-refractivity contribution in [3.8, 4) is 0 Å². The summed E-state index contributed by atoms with van der Waals surface area (Å²) in [6.07, 6.45) is 8.53. The number of piperidine rings is 1. The molecule has 8 nitrogen and oxygen atoms in total. The van der Waals surface area contributed by atoms with E-state index in [4.69, 9.17) is 0 Å². The number of hydrogen-bond acceptors (Lipinski definition) is 5. The highest BCUT2D eigenvalue weighted by molar-refractivity contribution is 5.95. The number of Topliss-reactive ketones (excluding diaryl/α,β-unsaturated/α-hetero) is 1. The van der Waals surface area contributed by atoms with Crippen LogP contribution < -0.4 is 10.6 Å². The second-order valence-electron chi connectivity index (χ2n) is 6.86. The van der Waals surface area contributed by atoms with Crippen LogP contribution in [0, 0.1) is 12.8 Å². The van der Waals surface area contributed by atoms with E-state index in [1.807, 2.05) is 20.0 Å². The first-order valence-electron chi connectivity index (χ1n) is 9.25. The maximum Gasteiger partial charge on any atom is 0.317 e. The molecule has 1 aliphatic heterocycles. The minimum atomic E-state index is -0.191. The lowest BCUT2D eigenvalue weighted by Gasteiger charge is -2.31. The Kier molecular flexibility index (Phi) is 6.05. The molecule has 3 heterocycles. The Morgan fingerprint density at radius 1 is 1.30 bits per heavy atom. The molecule has 3 rings (SSSR count). The van der Waals surface area contributed by atoms with Crippen LogP contribution in [0.15, 0.2) is 30.9 Å². The van der Waals surface area contributed by atoms with Crippen molar-refractivity contribution in [3.05, 3.63) is 42.2 Å². The maximum absolute atomic E-state index is 12.6. The third kappa shape index (κ3) is 4.64. The molecule has 0 spiro atoms. The van der Waals surface area contributed by atoms with Gasteiger partial charge in [0.1, 0.15) is 0 Å². The van der Waals surface area contributed by atoms with E-state index in [-0.39, 0.29) is 17.7 Å². The zero-order valence-electron chi connectivity index (χ0n) is 15.8. The van der Waals surface area contributed by atoms with Crippen LogP contribution in [0.25, 0.3) is 0 Å². The van der Waals surface area contributed by atoms with Crippen molar-refractivity contribution < 1.29 is 9.59 Å². The summed E-state index contributed by atoms with van der Waals surface area (Å²) in [5, 5.41) is 6.21. The molecular weight excluding hydrogens is 344 g/mol. The van der Waals surface area contributed by atoms with E-state index in [0.29, 0.717) is 32.0 Å². The standard InChI is InChI=1S/C19H26N6O2/c1-14-12-20-6-5-16(14)21-7-8-23-19(27)25-10-3-4-15(13-25)17(26)18-22-9-11-24(18)2/h5-6,9,11-12,15H,3-4,7-8,10,13H2,1-2H3,(H,20,21)(H,23,27)/t15-/m0/s1. The summed E-state index contributed by atoms with van der Waals surface area (Å²) in [6, 6.07) is 1.79. The fraction of sp³-hybridized carbons (Fsp3) is 0.474. The number of ketones is 1. The topological polar surface area (TPSA) is 92.2 Å². The number of rotatable bonds is 6. The summed E-state index contributed by atoms with van der Waals surface area (Å²) in [7, 11) is 1.81. The van der Waals surface area contributed by atoms with E-state index >= 15 is 0 Å². The minimum Gasteiger partial charge on any atom is -0.383 e. The summed E-state index contributed by atoms with van der Waals surface area (Å²) >= 11 is 0. The second-order valence-corrected chi connectivity index (χ2v) is 6.86. The number of aryl methyl sites for hydroxylation is 2. The molecule has 0 aliphatic carbocycles. The number of anilines is 1. The summed E-state index contributed by atoms with van der Waals surface area (Å²) in [4.78, 5) is 35.0. The van der Waals surface area contributed by atoms with Gasteiger partial charge in [-0.2, -0.15) is 0 Å². The summed E-state index contributed by atoms with van der Waals surface area (Å²) in [5.41, 5.74) is 2.08. The molecule has 2 N–H and O–H groups in total. The number of aromatic nitrogens is 3. The molecule has 1 saturated heterocycles. The molecule has 2 amide bonds. The van der Waals surface area contributed by atoms with E-state index in [2.05, 4.69) is 20.6 Å². The molecule has 0 unspecified atom stereocenters. The highest BCUT2D eigenvalue weighted by Crippen LogP contribution is 2.20. The number of imidazole rings is 1. The number of nitrogens with one attached hydrogen (secondary N) is 2. The third-order valence-electron chi connectivity index (χ3n) is 4.86. The maximum atomic E-state index is 12.6. The van der Waals surface area contributed by atoms with Gasteiger partial charge >= 0.3 is 6.03 Å². The predicted molar refractivity (Wildman–Crippen MR) is 103 cm³/mol. The van der Waals surface area contributed by atoms with E-state index in [1.165, 1.54) is 0 Å². The normalized spacial score (nSPS) is 16.8. The fourth-order valence-corrected chi connectivity index (χ4v) is 3.31. The highest BCUT2D eigenvalue weighted by Gasteiger charge is 2.30. The number of pyridine rings is 1. The van der Waals surface area contributed by atoms with Crippen molar-refractivity contribution in [2.45, 2.75) is 19.8 Å². The average molecular weight is 370 g/mol. The summed E-state index contributed by atoms with van der Waals surface area (Å²) in [6.45, 7) is 4.23. The molecule has 27 heavy (non-hydrogen) atoms. The summed E-state index contributed by atoms with van der Waals surface area (Å²) < 4.78 is 1.73. The van der Waals surface area contributed by atoms with Gasteiger partial charge in [-0.1, -0.05) is 0 Å². The Morgan fingerprint density at radius 3 is 2.89 bits per heavy atom. The van der Waals surface area contributed by atoms with Crippen molar-refractivity contribution in [2.75, 3.05) is 31.5 Å². The van der Waals surface area contributed by atoms with Crippen LogP contribution in [0.4, 0.5) is 10.5 Å². The largest absolute Gasteiger partial charge is 0.383 e. The Morgan fingerprint density at radius 2 is 2.15 bits per heavy atom. The van der Waals surface area contributed by atoms with Crippen LogP contribution in [0.3, 0.4) is 0 Å². The van der Waals surface area contributed by atoms with Crippen LogP contribution in [0.2, 0.25) is 0 Å². The fourth-order valence-electron chi connectivity index (χ4n) is 3.31. The monoisotopic (exact) mass is 370 g/mol. The van der Waals surface area contributed by atoms with Crippen molar-refractivity contribution in [1.82, 2.24) is 24.8 Å². The first-order valence-corrected chi connectivity index (χ1v) is 9.25. The predicted octanol–water partition coefficient (Wildman–Crippen LogP) is 1.84. The smallest absolute Gasteiger partial charge is 0.317 e. The van der Waals surface area contributed by atoms with Gasteiger partial charge in [0.2, 0.25) is 5.78 Å². The van der Waals surface area contributed by atoms with Gasteiger partial charge in [-0.15, -0.1) is 0 Å². The van der Waals surface area contributed by atoms with Crippen LogP contribution in [0.5, 0.6) is 0 Å². The SMILES string of the molecule is Cc1cnccc1NCCNC(=O)N1CCC[C@H](C(=O)c2nccn2C)C1. The van der Waals surface area contributed by atoms with Gasteiger partial charge in [-0.3, -0.25) is 9.78 Å². The van der Waals surface area contributed by atoms with E-state index < -0.39 is 0 Å². The van der Waals surface area contributed by atoms with E-state index in [9.17, 15) is 9.59 Å². The van der Waals surface area contributed by atoms with Crippen LogP contribution in [-0.4, -0.2) is 57.4 Å². The van der Waals surface area contributed by atoms with Crippen LogP contribution in [-0.2, 0) is 7.05 Å². The van der Waals surface area contributed by atoms with Crippen LogP contribution >= 0.6 is 0 Å². The van der Waals surface area contributed by atoms with Crippen molar-refractivity contribution in [3.63, 3.8) is 0 Å². The Hall–Kier alpha value is -2.90. The molecular formula is C19H26N6O2. The average Bonchev–Trinajstić information content (AvgIpc) is 3.11. The lowest BCUT2D eigenvalue weighted by molar-refractivity contribution is 0.0832. The molecule has 0 radical (unpaired) electrons. The Balaban J connectivity index is 1.46. The van der Waals surface area contributed by atoms with E-state index in [1.54, 1.807) is 34.3 Å². The van der Waals surface area contributed by atoms with Gasteiger partial charge in [-0.25, -0.2) is 9.78 Å². The number of hydrogen-bond donors (Lipinski definition) is 2. The van der Waals surface area contributed by atoms with E-state index in [0.717, 1.165) is 24.1 Å². The van der Waals surface area contributed by atoms with Crippen LogP contribution in [0.1, 0.15) is 29.0 Å². The highest BCUT2D eigenvalue weighted by atomic mass is 16.2.